The first-order valence-electron chi connectivity index (χ1n) is 4.26. The predicted octanol–water partition coefficient (Wildman–Crippen LogP) is 2.77. The zero-order chi connectivity index (χ0) is 10.1. The molecule has 0 aromatic carbocycles. The Morgan fingerprint density at radius 1 is 1.50 bits per heavy atom. The number of nitrogens with zero attached hydrogens (tertiary/aromatic N) is 3. The summed E-state index contributed by atoms with van der Waals surface area (Å²) >= 11 is 5.16. The quantitative estimate of drug-likeness (QED) is 0.841. The fraction of sp³-hybridized carbons (Fsp3) is 0.333. The third-order valence-corrected chi connectivity index (χ3v) is 3.97. The summed E-state index contributed by atoms with van der Waals surface area (Å²) in [5, 5.41) is 7.49. The number of aromatic nitrogens is 3. The van der Waals surface area contributed by atoms with Crippen molar-refractivity contribution in [2.75, 3.05) is 0 Å². The van der Waals surface area contributed by atoms with Gasteiger partial charge in [0.2, 0.25) is 0 Å². The molecule has 0 aliphatic carbocycles. The zero-order valence-electron chi connectivity index (χ0n) is 7.99. The molecule has 0 amide bonds. The summed E-state index contributed by atoms with van der Waals surface area (Å²) in [5.74, 6) is 0. The number of halogens is 1. The van der Waals surface area contributed by atoms with E-state index in [0.29, 0.717) is 0 Å². The summed E-state index contributed by atoms with van der Waals surface area (Å²) < 4.78 is 3.06. The molecule has 2 aromatic heterocycles. The lowest BCUT2D eigenvalue weighted by Crippen LogP contribution is -2.03. The van der Waals surface area contributed by atoms with Crippen LogP contribution in [0.5, 0.6) is 0 Å². The molecule has 74 valence electrons. The summed E-state index contributed by atoms with van der Waals surface area (Å²) in [6.07, 6.45) is 1.82. The highest BCUT2D eigenvalue weighted by molar-refractivity contribution is 9.10. The molecular formula is C9H10BrN3S. The summed E-state index contributed by atoms with van der Waals surface area (Å²) in [6.45, 7) is 4.81. The third-order valence-electron chi connectivity index (χ3n) is 2.06. The minimum Gasteiger partial charge on any atom is -0.262 e. The molecule has 14 heavy (non-hydrogen) atoms. The van der Waals surface area contributed by atoms with Crippen molar-refractivity contribution in [2.24, 2.45) is 0 Å². The molecule has 5 heteroatoms. The Bertz CT molecular complexity index is 433. The summed E-state index contributed by atoms with van der Waals surface area (Å²) in [6, 6.07) is 0. The minimum absolute atomic E-state index is 0.760. The highest BCUT2D eigenvalue weighted by atomic mass is 79.9. The monoisotopic (exact) mass is 271 g/mol. The molecule has 0 saturated carbocycles. The number of aryl methyl sites for hydroxylation is 1. The van der Waals surface area contributed by atoms with E-state index in [9.17, 15) is 0 Å². The van der Waals surface area contributed by atoms with Gasteiger partial charge in [-0.05, 0) is 29.8 Å². The Morgan fingerprint density at radius 3 is 2.79 bits per heavy atom. The van der Waals surface area contributed by atoms with Crippen LogP contribution in [0.15, 0.2) is 16.0 Å². The molecule has 0 spiro atoms. The van der Waals surface area contributed by atoms with Gasteiger partial charge in [0.1, 0.15) is 5.01 Å². The van der Waals surface area contributed by atoms with E-state index >= 15 is 0 Å². The smallest absolute Gasteiger partial charge is 0.114 e. The van der Waals surface area contributed by atoms with Crippen molar-refractivity contribution in [3.05, 3.63) is 32.4 Å². The van der Waals surface area contributed by atoms with Crippen LogP contribution in [0.2, 0.25) is 0 Å². The molecule has 2 rings (SSSR count). The van der Waals surface area contributed by atoms with E-state index in [0.717, 1.165) is 27.4 Å². The summed E-state index contributed by atoms with van der Waals surface area (Å²) in [7, 11) is 0. The minimum atomic E-state index is 0.760. The Labute approximate surface area is 94.9 Å². The topological polar surface area (TPSA) is 30.7 Å². The first kappa shape index (κ1) is 9.86. The first-order valence-corrected chi connectivity index (χ1v) is 5.93. The van der Waals surface area contributed by atoms with E-state index in [1.165, 1.54) is 0 Å². The van der Waals surface area contributed by atoms with E-state index < -0.39 is 0 Å². The molecule has 0 aliphatic rings. The lowest BCUT2D eigenvalue weighted by molar-refractivity contribution is 0.656. The van der Waals surface area contributed by atoms with E-state index in [2.05, 4.69) is 32.9 Å². The van der Waals surface area contributed by atoms with Crippen LogP contribution < -0.4 is 0 Å². The van der Waals surface area contributed by atoms with Gasteiger partial charge in [-0.2, -0.15) is 5.10 Å². The lowest BCUT2D eigenvalue weighted by Gasteiger charge is -2.00. The standard InChI is InChI=1S/C9H10BrN3S/c1-6-9(10)7(2)13(12-6)5-8-11-3-4-14-8/h3-4H,5H2,1-2H3. The summed E-state index contributed by atoms with van der Waals surface area (Å²) in [5.41, 5.74) is 2.18. The van der Waals surface area contributed by atoms with Gasteiger partial charge in [0, 0.05) is 11.6 Å². The van der Waals surface area contributed by atoms with Gasteiger partial charge in [0.05, 0.1) is 22.4 Å². The second kappa shape index (κ2) is 3.82. The van der Waals surface area contributed by atoms with Crippen molar-refractivity contribution in [1.82, 2.24) is 14.8 Å². The molecule has 2 aromatic rings. The number of thiazole rings is 1. The number of hydrogen-bond acceptors (Lipinski definition) is 3. The molecule has 0 N–H and O–H groups in total. The second-order valence-electron chi connectivity index (χ2n) is 3.07. The van der Waals surface area contributed by atoms with Crippen LogP contribution in [-0.4, -0.2) is 14.8 Å². The van der Waals surface area contributed by atoms with E-state index in [1.807, 2.05) is 23.2 Å². The lowest BCUT2D eigenvalue weighted by atomic mass is 10.4. The highest BCUT2D eigenvalue weighted by Gasteiger charge is 2.09. The van der Waals surface area contributed by atoms with Crippen molar-refractivity contribution < 1.29 is 0 Å². The van der Waals surface area contributed by atoms with Gasteiger partial charge in [-0.3, -0.25) is 4.68 Å². The Kier molecular flexibility index (Phi) is 2.69. The van der Waals surface area contributed by atoms with Gasteiger partial charge < -0.3 is 0 Å². The van der Waals surface area contributed by atoms with Crippen molar-refractivity contribution in [3.63, 3.8) is 0 Å². The van der Waals surface area contributed by atoms with Gasteiger partial charge in [0.25, 0.3) is 0 Å². The third kappa shape index (κ3) is 1.74. The Morgan fingerprint density at radius 2 is 2.29 bits per heavy atom. The van der Waals surface area contributed by atoms with Gasteiger partial charge in [-0.15, -0.1) is 11.3 Å². The highest BCUT2D eigenvalue weighted by Crippen LogP contribution is 2.20. The summed E-state index contributed by atoms with van der Waals surface area (Å²) in [4.78, 5) is 4.23. The number of rotatable bonds is 2. The van der Waals surface area contributed by atoms with Gasteiger partial charge in [-0.1, -0.05) is 0 Å². The van der Waals surface area contributed by atoms with Crippen LogP contribution in [0.25, 0.3) is 0 Å². The molecule has 3 nitrogen and oxygen atoms in total. The van der Waals surface area contributed by atoms with Gasteiger partial charge in [-0.25, -0.2) is 4.98 Å². The largest absolute Gasteiger partial charge is 0.262 e. The van der Waals surface area contributed by atoms with Crippen LogP contribution in [-0.2, 0) is 6.54 Å². The van der Waals surface area contributed by atoms with Gasteiger partial charge >= 0.3 is 0 Å². The SMILES string of the molecule is Cc1nn(Cc2nccs2)c(C)c1Br. The van der Waals surface area contributed by atoms with Crippen molar-refractivity contribution in [2.45, 2.75) is 20.4 Å². The van der Waals surface area contributed by atoms with Crippen LogP contribution in [0, 0.1) is 13.8 Å². The normalized spacial score (nSPS) is 10.8. The van der Waals surface area contributed by atoms with Crippen molar-refractivity contribution >= 4 is 27.3 Å². The van der Waals surface area contributed by atoms with E-state index in [4.69, 9.17) is 0 Å². The molecule has 0 atom stereocenters. The zero-order valence-corrected chi connectivity index (χ0v) is 10.4. The molecular weight excluding hydrogens is 262 g/mol. The Hall–Kier alpha value is -0.680. The first-order chi connectivity index (χ1) is 6.68. The van der Waals surface area contributed by atoms with Crippen molar-refractivity contribution in [3.8, 4) is 0 Å². The van der Waals surface area contributed by atoms with Crippen LogP contribution in [0.3, 0.4) is 0 Å². The average Bonchev–Trinajstić information content (AvgIpc) is 2.73. The Balaban J connectivity index is 2.30. The van der Waals surface area contributed by atoms with Crippen LogP contribution >= 0.6 is 27.3 Å². The maximum atomic E-state index is 4.42. The van der Waals surface area contributed by atoms with E-state index in [1.54, 1.807) is 11.3 Å². The maximum Gasteiger partial charge on any atom is 0.114 e. The fourth-order valence-electron chi connectivity index (χ4n) is 1.29. The molecule has 0 bridgehead atoms. The molecule has 0 unspecified atom stereocenters. The van der Waals surface area contributed by atoms with Crippen LogP contribution in [0.4, 0.5) is 0 Å². The molecule has 0 saturated heterocycles. The fourth-order valence-corrected chi connectivity index (χ4v) is 2.17. The maximum absolute atomic E-state index is 4.42. The molecule has 2 heterocycles. The average molecular weight is 272 g/mol. The number of hydrogen-bond donors (Lipinski definition) is 0. The van der Waals surface area contributed by atoms with Crippen LogP contribution in [0.1, 0.15) is 16.4 Å². The molecule has 0 radical (unpaired) electrons. The molecule has 0 aliphatic heterocycles. The second-order valence-corrected chi connectivity index (χ2v) is 4.84. The predicted molar refractivity (Wildman–Crippen MR) is 60.6 cm³/mol. The van der Waals surface area contributed by atoms with Crippen molar-refractivity contribution in [1.29, 1.82) is 0 Å². The molecule has 0 fully saturated rings. The van der Waals surface area contributed by atoms with Gasteiger partial charge in [0.15, 0.2) is 0 Å². The van der Waals surface area contributed by atoms with E-state index in [-0.39, 0.29) is 0 Å².